The molecular weight excluding hydrogens is 833 g/mol. The number of hydrogen-bond acceptors (Lipinski definition) is 15. The first kappa shape index (κ1) is 48.8. The topological polar surface area (TPSA) is 253 Å². The lowest BCUT2D eigenvalue weighted by Crippen LogP contribution is -2.69. The van der Waals surface area contributed by atoms with Crippen molar-refractivity contribution in [3.63, 3.8) is 0 Å². The van der Waals surface area contributed by atoms with Crippen LogP contribution < -0.4 is 16.4 Å². The van der Waals surface area contributed by atoms with Crippen molar-refractivity contribution in [2.75, 3.05) is 26.5 Å². The number of likely N-dealkylation sites (tertiary alicyclic amines) is 1. The van der Waals surface area contributed by atoms with Crippen molar-refractivity contribution in [2.45, 2.75) is 129 Å². The number of carbonyl (C=O) groups is 4. The van der Waals surface area contributed by atoms with Gasteiger partial charge in [-0.1, -0.05) is 48.7 Å². The van der Waals surface area contributed by atoms with Crippen molar-refractivity contribution in [3.8, 4) is 0 Å². The zero-order valence-corrected chi connectivity index (χ0v) is 35.7. The van der Waals surface area contributed by atoms with Crippen LogP contribution in [0.3, 0.4) is 0 Å². The van der Waals surface area contributed by atoms with E-state index in [1.54, 1.807) is 20.1 Å². The lowest BCUT2D eigenvalue weighted by atomic mass is 9.89. The predicted molar refractivity (Wildman–Crippen MR) is 214 cm³/mol. The average Bonchev–Trinajstić information content (AvgIpc) is 3.52. The molecule has 0 saturated carbocycles. The van der Waals surface area contributed by atoms with Crippen LogP contribution in [0.4, 0.5) is 5.69 Å². The van der Waals surface area contributed by atoms with Gasteiger partial charge in [-0.25, -0.2) is 0 Å². The minimum atomic E-state index is -1.91. The molecule has 17 nitrogen and oxygen atoms in total. The minimum Gasteiger partial charge on any atom is -0.465 e. The number of rotatable bonds is 19. The normalized spacial score (nSPS) is 28.0. The maximum atomic E-state index is 13.5. The number of carbonyl (C=O) groups excluding carboxylic acids is 4. The lowest BCUT2D eigenvalue weighted by Gasteiger charge is -2.50. The Balaban J connectivity index is 1.64. The number of nitro groups is 1. The molecule has 7 N–H and O–H groups in total. The Bertz CT molecular complexity index is 1560. The molecule has 0 bridgehead atoms. The summed E-state index contributed by atoms with van der Waals surface area (Å²) in [6.07, 6.45) is -4.07. The molecule has 0 aliphatic carbocycles. The number of amides is 2. The van der Waals surface area contributed by atoms with Crippen molar-refractivity contribution in [2.24, 2.45) is 11.7 Å². The van der Waals surface area contributed by atoms with Gasteiger partial charge < -0.3 is 45.9 Å². The molecule has 0 radical (unpaired) electrons. The number of non-ortho nitro benzene ring substituents is 1. The Hall–Kier alpha value is -2.52. The third-order valence-corrected chi connectivity index (χ3v) is 12.1. The molecule has 3 rings (SSSR count). The van der Waals surface area contributed by atoms with Crippen molar-refractivity contribution < 1.29 is 53.6 Å². The Morgan fingerprint density at radius 3 is 2.37 bits per heavy atom. The first-order valence-electron chi connectivity index (χ1n) is 18.5. The number of nitrogens with two attached hydrogens (primary N) is 1. The number of likely N-dealkylation sites (N-methyl/N-ethyl adjacent to an activating group) is 1. The molecule has 2 saturated heterocycles. The largest absolute Gasteiger partial charge is 0.465 e. The van der Waals surface area contributed by atoms with Gasteiger partial charge in [0, 0.05) is 25.1 Å². The summed E-state index contributed by atoms with van der Waals surface area (Å²) in [4.78, 5) is 62.8. The van der Waals surface area contributed by atoms with E-state index in [2.05, 4.69) is 17.6 Å². The van der Waals surface area contributed by atoms with Crippen LogP contribution in [0.1, 0.15) is 71.3 Å². The molecule has 2 aliphatic rings. The van der Waals surface area contributed by atoms with E-state index < -0.39 is 105 Å². The summed E-state index contributed by atoms with van der Waals surface area (Å²) in [6, 6.07) is 2.22. The van der Waals surface area contributed by atoms with Crippen LogP contribution in [0.5, 0.6) is 0 Å². The molecule has 2 amide bonds. The molecule has 2 heterocycles. The lowest BCUT2D eigenvalue weighted by molar-refractivity contribution is -0.384. The summed E-state index contributed by atoms with van der Waals surface area (Å²) in [5, 5.41) is 49.0. The third-order valence-electron chi connectivity index (χ3n) is 10.3. The van der Waals surface area contributed by atoms with Crippen LogP contribution in [-0.4, -0.2) is 139 Å². The smallest absolute Gasteiger partial charge is 0.323 e. The highest BCUT2D eigenvalue weighted by Crippen LogP contribution is 2.41. The third kappa shape index (κ3) is 13.0. The van der Waals surface area contributed by atoms with Gasteiger partial charge in [-0.2, -0.15) is 0 Å². The first-order chi connectivity index (χ1) is 26.5. The standard InChI is InChI=1S/C36H54Cl3N5O12S/c1-7-8-19-15-24(43(5)16-19)32(49)41-26(18(2)37)29-27(46)28(47)30(36(4,56-29)57-6)55-33(50)23(40)13-14-25(45)54-17-22(31(48)42-34(51)35(3,38)39)20-9-11-21(12-10-20)44(52)53/h9-12,18-19,22-24,26-31,46-48H,7-8,13-17,40H2,1-6H3,(H,41,49)(H,42,51)/t18?,19?,22?,23?,24?,26?,27-,28+,29-,30-,31?,36-/m1/s1. The highest BCUT2D eigenvalue weighted by molar-refractivity contribution is 7.99. The summed E-state index contributed by atoms with van der Waals surface area (Å²) in [6.45, 7) is 6.71. The van der Waals surface area contributed by atoms with E-state index in [9.17, 15) is 44.6 Å². The van der Waals surface area contributed by atoms with E-state index in [0.717, 1.165) is 31.1 Å². The number of nitrogens with one attached hydrogen (secondary N) is 2. The van der Waals surface area contributed by atoms with Crippen molar-refractivity contribution in [1.29, 1.82) is 0 Å². The van der Waals surface area contributed by atoms with Gasteiger partial charge in [0.15, 0.2) is 15.4 Å². The number of nitrogens with zero attached hydrogens (tertiary/aromatic N) is 2. The van der Waals surface area contributed by atoms with E-state index in [4.69, 9.17) is 54.7 Å². The molecule has 21 heteroatoms. The molecule has 1 aromatic rings. The maximum Gasteiger partial charge on any atom is 0.323 e. The van der Waals surface area contributed by atoms with Crippen LogP contribution in [0.15, 0.2) is 24.3 Å². The van der Waals surface area contributed by atoms with Gasteiger partial charge in [0.25, 0.3) is 11.6 Å². The number of benzene rings is 1. The van der Waals surface area contributed by atoms with E-state index in [1.165, 1.54) is 31.2 Å². The Kier molecular flexibility index (Phi) is 18.1. The summed E-state index contributed by atoms with van der Waals surface area (Å²) in [5.74, 6) is -3.87. The Morgan fingerprint density at radius 2 is 1.82 bits per heavy atom. The fourth-order valence-corrected chi connectivity index (χ4v) is 7.84. The Morgan fingerprint density at radius 1 is 1.19 bits per heavy atom. The molecule has 12 atom stereocenters. The van der Waals surface area contributed by atoms with E-state index in [-0.39, 0.29) is 23.6 Å². The highest BCUT2D eigenvalue weighted by atomic mass is 35.5. The summed E-state index contributed by atoms with van der Waals surface area (Å²) >= 11 is 19.3. The van der Waals surface area contributed by atoms with Crippen molar-refractivity contribution in [1.82, 2.24) is 15.5 Å². The second-order valence-electron chi connectivity index (χ2n) is 14.8. The van der Waals surface area contributed by atoms with Gasteiger partial charge in [-0.3, -0.25) is 34.2 Å². The number of thioether (sulfide) groups is 1. The number of aliphatic hydroxyl groups is 3. The SMILES string of the molecule is CCCC1CC(C(=O)NC(C(C)Cl)[C@H]2O[C@](C)(SC)[C@H](OC(=O)C(N)CCC(=O)OCC(c3ccc([N+](=O)[O-])cc3)C(O)NC(=O)C(C)(Cl)Cl)[C@@H](O)[C@H]2O)N(C)C1. The first-order valence-corrected chi connectivity index (χ1v) is 20.9. The summed E-state index contributed by atoms with van der Waals surface area (Å²) in [5.41, 5.74) is 6.10. The number of esters is 2. The van der Waals surface area contributed by atoms with Gasteiger partial charge in [0.2, 0.25) is 5.91 Å². The van der Waals surface area contributed by atoms with Gasteiger partial charge >= 0.3 is 11.9 Å². The van der Waals surface area contributed by atoms with Crippen LogP contribution >= 0.6 is 46.6 Å². The average molecular weight is 887 g/mol. The summed E-state index contributed by atoms with van der Waals surface area (Å²) in [7, 11) is 1.88. The van der Waals surface area contributed by atoms with E-state index in [1.807, 2.05) is 11.9 Å². The fraction of sp³-hybridized carbons (Fsp3) is 0.722. The van der Waals surface area contributed by atoms with Crippen LogP contribution in [0.2, 0.25) is 0 Å². The van der Waals surface area contributed by atoms with Gasteiger partial charge in [-0.05, 0) is 64.8 Å². The number of aliphatic hydroxyl groups excluding tert-OH is 3. The second-order valence-corrected chi connectivity index (χ2v) is 18.4. The van der Waals surface area contributed by atoms with Gasteiger partial charge in [-0.15, -0.1) is 23.4 Å². The Labute approximate surface area is 351 Å². The molecule has 57 heavy (non-hydrogen) atoms. The second kappa shape index (κ2) is 21.1. The maximum absolute atomic E-state index is 13.5. The molecule has 322 valence electrons. The molecule has 2 aliphatic heterocycles. The quantitative estimate of drug-likeness (QED) is 0.0383. The van der Waals surface area contributed by atoms with E-state index in [0.29, 0.717) is 12.3 Å². The van der Waals surface area contributed by atoms with E-state index >= 15 is 0 Å². The zero-order valence-electron chi connectivity index (χ0n) is 32.6. The number of nitro benzene ring substituents is 1. The fourth-order valence-electron chi connectivity index (χ4n) is 6.90. The van der Waals surface area contributed by atoms with Crippen LogP contribution in [0.25, 0.3) is 0 Å². The van der Waals surface area contributed by atoms with Crippen molar-refractivity contribution in [3.05, 3.63) is 39.9 Å². The van der Waals surface area contributed by atoms with Crippen molar-refractivity contribution >= 4 is 76.0 Å². The molecule has 2 fully saturated rings. The number of alkyl halides is 3. The number of hydrogen-bond donors (Lipinski definition) is 6. The molecule has 7 unspecified atom stereocenters. The number of ether oxygens (including phenoxy) is 3. The molecular formula is C36H54Cl3N5O12S. The molecule has 1 aromatic carbocycles. The minimum absolute atomic E-state index is 0.242. The molecule has 0 spiro atoms. The number of halogens is 3. The van der Waals surface area contributed by atoms with Gasteiger partial charge in [0.1, 0.15) is 37.2 Å². The molecule has 0 aromatic heterocycles. The summed E-state index contributed by atoms with van der Waals surface area (Å²) < 4.78 is 15.3. The predicted octanol–water partition coefficient (Wildman–Crippen LogP) is 2.30. The van der Waals surface area contributed by atoms with Gasteiger partial charge in [0.05, 0.1) is 28.3 Å². The highest BCUT2D eigenvalue weighted by Gasteiger charge is 2.56. The monoisotopic (exact) mass is 885 g/mol. The zero-order chi connectivity index (χ0) is 43.0. The van der Waals surface area contributed by atoms with Crippen LogP contribution in [-0.2, 0) is 33.4 Å². The van der Waals surface area contributed by atoms with Crippen LogP contribution in [0, 0.1) is 16.0 Å².